The maximum Gasteiger partial charge on any atom is 0.239 e. The number of rotatable bonds is 6. The fourth-order valence-corrected chi connectivity index (χ4v) is 3.19. The van der Waals surface area contributed by atoms with Gasteiger partial charge in [0.1, 0.15) is 5.82 Å². The Bertz CT molecular complexity index is 740. The highest BCUT2D eigenvalue weighted by Gasteiger charge is 2.20. The average molecular weight is 348 g/mol. The van der Waals surface area contributed by atoms with E-state index in [2.05, 4.69) is 15.7 Å². The third-order valence-electron chi connectivity index (χ3n) is 4.62. The number of benzene rings is 1. The fourth-order valence-electron chi connectivity index (χ4n) is 3.19. The van der Waals surface area contributed by atoms with Crippen molar-refractivity contribution < 1.29 is 13.6 Å². The van der Waals surface area contributed by atoms with E-state index in [9.17, 15) is 13.6 Å². The van der Waals surface area contributed by atoms with Gasteiger partial charge in [-0.1, -0.05) is 18.9 Å². The standard InChI is InChI=1S/C18H22F2N4O/c1-12(13-6-7-15(19)16(20)10-13)21-11-18(25)23-17-8-9-22-24(17)14-4-2-3-5-14/h6-10,12,14,21H,2-5,11H2,1H3,(H,23,25). The van der Waals surface area contributed by atoms with Crippen LogP contribution in [0.3, 0.4) is 0 Å². The van der Waals surface area contributed by atoms with Crippen molar-refractivity contribution in [3.05, 3.63) is 47.7 Å². The molecule has 1 saturated carbocycles. The molecule has 1 aromatic carbocycles. The molecule has 2 aromatic rings. The Labute approximate surface area is 145 Å². The van der Waals surface area contributed by atoms with Gasteiger partial charge in [0.25, 0.3) is 0 Å². The lowest BCUT2D eigenvalue weighted by atomic mass is 10.1. The lowest BCUT2D eigenvalue weighted by Crippen LogP contribution is -2.31. The number of aromatic nitrogens is 2. The fraction of sp³-hybridized carbons (Fsp3) is 0.444. The zero-order valence-electron chi connectivity index (χ0n) is 14.1. The molecule has 1 aromatic heterocycles. The Morgan fingerprint density at radius 2 is 2.04 bits per heavy atom. The van der Waals surface area contributed by atoms with Gasteiger partial charge in [-0.05, 0) is 37.5 Å². The second kappa shape index (κ2) is 7.74. The number of nitrogens with zero attached hydrogens (tertiary/aromatic N) is 2. The van der Waals surface area contributed by atoms with Crippen LogP contribution in [0.4, 0.5) is 14.6 Å². The molecule has 2 N–H and O–H groups in total. The molecule has 1 atom stereocenters. The number of anilines is 1. The van der Waals surface area contributed by atoms with Gasteiger partial charge in [0, 0.05) is 12.1 Å². The summed E-state index contributed by atoms with van der Waals surface area (Å²) >= 11 is 0. The summed E-state index contributed by atoms with van der Waals surface area (Å²) in [5.74, 6) is -1.28. The van der Waals surface area contributed by atoms with Gasteiger partial charge in [0.15, 0.2) is 11.6 Å². The third kappa shape index (κ3) is 4.22. The monoisotopic (exact) mass is 348 g/mol. The van der Waals surface area contributed by atoms with Crippen molar-refractivity contribution in [2.45, 2.75) is 44.7 Å². The maximum absolute atomic E-state index is 13.3. The molecule has 25 heavy (non-hydrogen) atoms. The van der Waals surface area contributed by atoms with Crippen LogP contribution >= 0.6 is 0 Å². The highest BCUT2D eigenvalue weighted by molar-refractivity contribution is 5.91. The Kier molecular flexibility index (Phi) is 5.43. The Balaban J connectivity index is 1.54. The average Bonchev–Trinajstić information content (AvgIpc) is 3.26. The van der Waals surface area contributed by atoms with Crippen molar-refractivity contribution in [3.8, 4) is 0 Å². The van der Waals surface area contributed by atoms with Crippen LogP contribution in [0.5, 0.6) is 0 Å². The van der Waals surface area contributed by atoms with E-state index in [-0.39, 0.29) is 18.5 Å². The third-order valence-corrected chi connectivity index (χ3v) is 4.62. The molecule has 1 aliphatic rings. The first kappa shape index (κ1) is 17.5. The zero-order valence-corrected chi connectivity index (χ0v) is 14.1. The van der Waals surface area contributed by atoms with Crippen molar-refractivity contribution in [1.29, 1.82) is 0 Å². The first-order valence-corrected chi connectivity index (χ1v) is 8.56. The molecule has 1 fully saturated rings. The molecule has 1 heterocycles. The van der Waals surface area contributed by atoms with Crippen LogP contribution in [0, 0.1) is 11.6 Å². The van der Waals surface area contributed by atoms with Gasteiger partial charge in [0.05, 0.1) is 18.8 Å². The number of hydrogen-bond donors (Lipinski definition) is 2. The summed E-state index contributed by atoms with van der Waals surface area (Å²) in [6.07, 6.45) is 6.22. The number of amides is 1. The summed E-state index contributed by atoms with van der Waals surface area (Å²) in [6, 6.07) is 5.58. The smallest absolute Gasteiger partial charge is 0.239 e. The van der Waals surface area contributed by atoms with Crippen molar-refractivity contribution >= 4 is 11.7 Å². The van der Waals surface area contributed by atoms with Gasteiger partial charge in [-0.25, -0.2) is 13.5 Å². The van der Waals surface area contributed by atoms with E-state index < -0.39 is 11.6 Å². The second-order valence-corrected chi connectivity index (χ2v) is 6.42. The van der Waals surface area contributed by atoms with Crippen molar-refractivity contribution in [2.75, 3.05) is 11.9 Å². The maximum atomic E-state index is 13.3. The van der Waals surface area contributed by atoms with Gasteiger partial charge in [-0.15, -0.1) is 0 Å². The lowest BCUT2D eigenvalue weighted by Gasteiger charge is -2.16. The molecule has 1 aliphatic carbocycles. The summed E-state index contributed by atoms with van der Waals surface area (Å²) in [5.41, 5.74) is 0.586. The molecule has 0 aliphatic heterocycles. The van der Waals surface area contributed by atoms with E-state index in [4.69, 9.17) is 0 Å². The van der Waals surface area contributed by atoms with Crippen LogP contribution in [0.25, 0.3) is 0 Å². The predicted molar refractivity (Wildman–Crippen MR) is 91.1 cm³/mol. The molecule has 0 bridgehead atoms. The highest BCUT2D eigenvalue weighted by atomic mass is 19.2. The van der Waals surface area contributed by atoms with Gasteiger partial charge >= 0.3 is 0 Å². The number of halogens is 2. The van der Waals surface area contributed by atoms with Crippen LogP contribution in [-0.4, -0.2) is 22.2 Å². The number of carbonyl (C=O) groups excluding carboxylic acids is 1. The van der Waals surface area contributed by atoms with Gasteiger partial charge < -0.3 is 10.6 Å². The minimum absolute atomic E-state index is 0.0655. The van der Waals surface area contributed by atoms with Crippen LogP contribution in [0.15, 0.2) is 30.5 Å². The first-order valence-electron chi connectivity index (χ1n) is 8.56. The number of carbonyl (C=O) groups is 1. The van der Waals surface area contributed by atoms with E-state index >= 15 is 0 Å². The Morgan fingerprint density at radius 3 is 2.76 bits per heavy atom. The van der Waals surface area contributed by atoms with E-state index in [1.807, 2.05) is 4.68 Å². The second-order valence-electron chi connectivity index (χ2n) is 6.42. The van der Waals surface area contributed by atoms with Crippen molar-refractivity contribution in [1.82, 2.24) is 15.1 Å². The van der Waals surface area contributed by atoms with Gasteiger partial charge in [-0.2, -0.15) is 5.10 Å². The van der Waals surface area contributed by atoms with Crippen LogP contribution < -0.4 is 10.6 Å². The predicted octanol–water partition coefficient (Wildman–Crippen LogP) is 3.57. The first-order chi connectivity index (χ1) is 12.0. The van der Waals surface area contributed by atoms with Crippen molar-refractivity contribution in [3.63, 3.8) is 0 Å². The molecule has 134 valence electrons. The van der Waals surface area contributed by atoms with E-state index in [0.29, 0.717) is 17.4 Å². The summed E-state index contributed by atoms with van der Waals surface area (Å²) in [6.45, 7) is 1.86. The number of nitrogens with one attached hydrogen (secondary N) is 2. The Morgan fingerprint density at radius 1 is 1.28 bits per heavy atom. The summed E-state index contributed by atoms with van der Waals surface area (Å²) in [7, 11) is 0. The molecule has 1 unspecified atom stereocenters. The summed E-state index contributed by atoms with van der Waals surface area (Å²) < 4.78 is 28.2. The van der Waals surface area contributed by atoms with E-state index in [1.165, 1.54) is 18.9 Å². The largest absolute Gasteiger partial charge is 0.310 e. The van der Waals surface area contributed by atoms with E-state index in [0.717, 1.165) is 25.0 Å². The molecular formula is C18H22F2N4O. The molecule has 0 radical (unpaired) electrons. The minimum Gasteiger partial charge on any atom is -0.310 e. The molecule has 0 spiro atoms. The quantitative estimate of drug-likeness (QED) is 0.839. The molecule has 7 heteroatoms. The van der Waals surface area contributed by atoms with Gasteiger partial charge in [0.2, 0.25) is 5.91 Å². The molecule has 3 rings (SSSR count). The van der Waals surface area contributed by atoms with Crippen molar-refractivity contribution in [2.24, 2.45) is 0 Å². The molecular weight excluding hydrogens is 326 g/mol. The summed E-state index contributed by atoms with van der Waals surface area (Å²) in [4.78, 5) is 12.2. The number of hydrogen-bond acceptors (Lipinski definition) is 3. The normalized spacial score (nSPS) is 16.1. The van der Waals surface area contributed by atoms with E-state index in [1.54, 1.807) is 19.2 Å². The molecule has 0 saturated heterocycles. The minimum atomic E-state index is -0.893. The lowest BCUT2D eigenvalue weighted by molar-refractivity contribution is -0.115. The Hall–Kier alpha value is -2.28. The van der Waals surface area contributed by atoms with Crippen LogP contribution in [-0.2, 0) is 4.79 Å². The zero-order chi connectivity index (χ0) is 17.8. The molecule has 5 nitrogen and oxygen atoms in total. The highest BCUT2D eigenvalue weighted by Crippen LogP contribution is 2.31. The molecule has 1 amide bonds. The van der Waals surface area contributed by atoms with Crippen LogP contribution in [0.1, 0.15) is 50.3 Å². The van der Waals surface area contributed by atoms with Crippen LogP contribution in [0.2, 0.25) is 0 Å². The summed E-state index contributed by atoms with van der Waals surface area (Å²) in [5, 5.41) is 10.2. The SMILES string of the molecule is CC(NCC(=O)Nc1ccnn1C1CCCC1)c1ccc(F)c(F)c1. The topological polar surface area (TPSA) is 59.0 Å². The van der Waals surface area contributed by atoms with Gasteiger partial charge in [-0.3, -0.25) is 4.79 Å².